The van der Waals surface area contributed by atoms with E-state index in [2.05, 4.69) is 37.6 Å². The zero-order chi connectivity index (χ0) is 22.6. The van der Waals surface area contributed by atoms with Crippen LogP contribution in [0.3, 0.4) is 0 Å². The second-order valence-corrected chi connectivity index (χ2v) is 9.65. The van der Waals surface area contributed by atoms with Gasteiger partial charge in [0, 0.05) is 54.2 Å². The quantitative estimate of drug-likeness (QED) is 0.486. The third-order valence-corrected chi connectivity index (χ3v) is 7.36. The predicted molar refractivity (Wildman–Crippen MR) is 131 cm³/mol. The van der Waals surface area contributed by atoms with Crippen LogP contribution in [0.5, 0.6) is 5.88 Å². The van der Waals surface area contributed by atoms with Gasteiger partial charge in [0.2, 0.25) is 5.88 Å². The molecule has 0 amide bonds. The monoisotopic (exact) mass is 466 g/mol. The number of nitrogens with one attached hydrogen (secondary N) is 2. The van der Waals surface area contributed by atoms with E-state index >= 15 is 0 Å². The lowest BCUT2D eigenvalue weighted by Gasteiger charge is -2.33. The Morgan fingerprint density at radius 3 is 2.94 bits per heavy atom. The number of piperidine rings is 1. The second-order valence-electron chi connectivity index (χ2n) is 8.52. The maximum atomic E-state index is 11.0. The first kappa shape index (κ1) is 22.3. The van der Waals surface area contributed by atoms with Gasteiger partial charge in [-0.15, -0.1) is 11.8 Å². The molecule has 3 N–H and O–H groups in total. The molecule has 3 aromatic rings. The maximum Gasteiger partial charge on any atom is 0.213 e. The molecule has 0 spiro atoms. The highest BCUT2D eigenvalue weighted by molar-refractivity contribution is 7.99. The Bertz CT molecular complexity index is 1110. The summed E-state index contributed by atoms with van der Waals surface area (Å²) in [5.74, 6) is 2.64. The topological polar surface area (TPSA) is 95.4 Å². The molecule has 8 nitrogen and oxygen atoms in total. The van der Waals surface area contributed by atoms with Crippen molar-refractivity contribution in [2.24, 2.45) is 0 Å². The number of hydrogen-bond acceptors (Lipinski definition) is 9. The molecule has 33 heavy (non-hydrogen) atoms. The van der Waals surface area contributed by atoms with Crippen LogP contribution in [0.4, 0.5) is 5.82 Å². The van der Waals surface area contributed by atoms with E-state index in [9.17, 15) is 5.11 Å². The first-order valence-corrected chi connectivity index (χ1v) is 12.5. The van der Waals surface area contributed by atoms with E-state index in [-0.39, 0.29) is 0 Å². The second kappa shape index (κ2) is 10.2. The number of aliphatic hydroxyl groups is 1. The molecular formula is C24H30N6O2S. The van der Waals surface area contributed by atoms with Crippen LogP contribution in [0.2, 0.25) is 0 Å². The van der Waals surface area contributed by atoms with Crippen LogP contribution in [0.1, 0.15) is 30.2 Å². The summed E-state index contributed by atoms with van der Waals surface area (Å²) < 4.78 is 5.25. The van der Waals surface area contributed by atoms with Crippen LogP contribution in [0, 0.1) is 0 Å². The predicted octanol–water partition coefficient (Wildman–Crippen LogP) is 2.84. The van der Waals surface area contributed by atoms with Crippen LogP contribution in [-0.4, -0.2) is 70.0 Å². The molecule has 1 atom stereocenters. The van der Waals surface area contributed by atoms with Gasteiger partial charge in [-0.2, -0.15) is 0 Å². The molecule has 5 heterocycles. The van der Waals surface area contributed by atoms with Gasteiger partial charge in [0.1, 0.15) is 5.82 Å². The largest absolute Gasteiger partial charge is 0.481 e. The average molecular weight is 467 g/mol. The summed E-state index contributed by atoms with van der Waals surface area (Å²) >= 11 is 1.86. The number of methoxy groups -OCH3 is 1. The first-order chi connectivity index (χ1) is 16.2. The highest BCUT2D eigenvalue weighted by Gasteiger charge is 2.23. The molecule has 0 bridgehead atoms. The van der Waals surface area contributed by atoms with Gasteiger partial charge >= 0.3 is 0 Å². The standard InChI is InChI=1S/C24H30N6O2S/c1-32-22-5-3-19-23(29-22)18(6-9-25-19)20(31)15-30-11-7-16(8-12-30)27-14-17-2-4-21-24(28-17)26-10-13-33-21/h2-6,9,16,20,27,31H,7-8,10-15H2,1H3,(H,26,28)/t20-/m0/s1. The number of likely N-dealkylation sites (tertiary alicyclic amines) is 1. The van der Waals surface area contributed by atoms with E-state index in [1.807, 2.05) is 23.9 Å². The van der Waals surface area contributed by atoms with Crippen molar-refractivity contribution in [1.29, 1.82) is 0 Å². The molecule has 2 aliphatic heterocycles. The van der Waals surface area contributed by atoms with E-state index in [1.165, 1.54) is 4.90 Å². The fraction of sp³-hybridized carbons (Fsp3) is 0.458. The van der Waals surface area contributed by atoms with Gasteiger partial charge in [-0.05, 0) is 50.2 Å². The van der Waals surface area contributed by atoms with E-state index in [0.717, 1.165) is 67.4 Å². The molecular weight excluding hydrogens is 436 g/mol. The highest BCUT2D eigenvalue weighted by Crippen LogP contribution is 2.29. The number of aliphatic hydroxyl groups excluding tert-OH is 1. The van der Waals surface area contributed by atoms with Crippen LogP contribution < -0.4 is 15.4 Å². The number of rotatable bonds is 7. The van der Waals surface area contributed by atoms with E-state index in [1.54, 1.807) is 19.4 Å². The van der Waals surface area contributed by atoms with Gasteiger partial charge in [-0.1, -0.05) is 0 Å². The van der Waals surface area contributed by atoms with Crippen molar-refractivity contribution in [3.63, 3.8) is 0 Å². The Balaban J connectivity index is 1.14. The van der Waals surface area contributed by atoms with Gasteiger partial charge in [0.25, 0.3) is 0 Å². The number of thioether (sulfide) groups is 1. The molecule has 0 radical (unpaired) electrons. The normalized spacial score (nSPS) is 18.0. The Hall–Kier alpha value is -2.46. The lowest BCUT2D eigenvalue weighted by atomic mass is 10.0. The van der Waals surface area contributed by atoms with Gasteiger partial charge in [-0.3, -0.25) is 4.98 Å². The Labute approximate surface area is 198 Å². The first-order valence-electron chi connectivity index (χ1n) is 11.5. The molecule has 3 aromatic heterocycles. The smallest absolute Gasteiger partial charge is 0.213 e. The van der Waals surface area contributed by atoms with Crippen molar-refractivity contribution in [3.8, 4) is 5.88 Å². The van der Waals surface area contributed by atoms with Crippen molar-refractivity contribution in [2.75, 3.05) is 44.4 Å². The van der Waals surface area contributed by atoms with Crippen LogP contribution in [0.25, 0.3) is 11.0 Å². The number of aromatic nitrogens is 3. The molecule has 0 aliphatic carbocycles. The molecule has 1 saturated heterocycles. The molecule has 1 fully saturated rings. The summed E-state index contributed by atoms with van der Waals surface area (Å²) in [6.45, 7) is 4.24. The third kappa shape index (κ3) is 5.22. The lowest BCUT2D eigenvalue weighted by Crippen LogP contribution is -2.43. The Kier molecular flexibility index (Phi) is 6.91. The van der Waals surface area contributed by atoms with Crippen molar-refractivity contribution in [2.45, 2.75) is 36.4 Å². The molecule has 0 unspecified atom stereocenters. The van der Waals surface area contributed by atoms with Gasteiger partial charge in [0.15, 0.2) is 0 Å². The summed E-state index contributed by atoms with van der Waals surface area (Å²) in [5.41, 5.74) is 3.34. The minimum absolute atomic E-state index is 0.464. The summed E-state index contributed by atoms with van der Waals surface area (Å²) in [6.07, 6.45) is 3.21. The summed E-state index contributed by atoms with van der Waals surface area (Å²) in [7, 11) is 1.59. The fourth-order valence-corrected chi connectivity index (χ4v) is 5.32. The number of hydrogen-bond donors (Lipinski definition) is 3. The minimum atomic E-state index is -0.621. The summed E-state index contributed by atoms with van der Waals surface area (Å²) in [4.78, 5) is 17.2. The zero-order valence-corrected chi connectivity index (χ0v) is 19.6. The molecule has 9 heteroatoms. The van der Waals surface area contributed by atoms with E-state index in [4.69, 9.17) is 9.72 Å². The molecule has 2 aliphatic rings. The average Bonchev–Trinajstić information content (AvgIpc) is 2.87. The fourth-order valence-electron chi connectivity index (χ4n) is 4.48. The minimum Gasteiger partial charge on any atom is -0.481 e. The molecule has 174 valence electrons. The number of pyridine rings is 3. The van der Waals surface area contributed by atoms with Crippen LogP contribution >= 0.6 is 11.8 Å². The number of anilines is 1. The van der Waals surface area contributed by atoms with Crippen LogP contribution in [0.15, 0.2) is 41.4 Å². The summed E-state index contributed by atoms with van der Waals surface area (Å²) in [5, 5.41) is 18.0. The number of fused-ring (bicyclic) bond motifs is 2. The SMILES string of the molecule is COc1ccc2nccc([C@@H](O)CN3CCC(NCc4ccc5c(n4)NCCS5)CC3)c2n1. The van der Waals surface area contributed by atoms with Crippen molar-refractivity contribution in [3.05, 3.63) is 47.8 Å². The Morgan fingerprint density at radius 1 is 1.21 bits per heavy atom. The number of ether oxygens (including phenoxy) is 1. The zero-order valence-electron chi connectivity index (χ0n) is 18.8. The van der Waals surface area contributed by atoms with E-state index in [0.29, 0.717) is 24.0 Å². The van der Waals surface area contributed by atoms with Crippen molar-refractivity contribution < 1.29 is 9.84 Å². The van der Waals surface area contributed by atoms with Crippen molar-refractivity contribution in [1.82, 2.24) is 25.2 Å². The molecule has 0 saturated carbocycles. The molecule has 5 rings (SSSR count). The maximum absolute atomic E-state index is 11.0. The third-order valence-electron chi connectivity index (χ3n) is 6.32. The van der Waals surface area contributed by atoms with Crippen molar-refractivity contribution >= 4 is 28.6 Å². The lowest BCUT2D eigenvalue weighted by molar-refractivity contribution is 0.0947. The summed E-state index contributed by atoms with van der Waals surface area (Å²) in [6, 6.07) is 10.3. The Morgan fingerprint density at radius 2 is 2.09 bits per heavy atom. The number of nitrogens with zero attached hydrogens (tertiary/aromatic N) is 4. The molecule has 0 aromatic carbocycles. The van der Waals surface area contributed by atoms with Crippen LogP contribution in [-0.2, 0) is 6.54 Å². The van der Waals surface area contributed by atoms with Gasteiger partial charge in [-0.25, -0.2) is 9.97 Å². The highest BCUT2D eigenvalue weighted by atomic mass is 32.2. The van der Waals surface area contributed by atoms with Gasteiger partial charge in [0.05, 0.1) is 29.9 Å². The number of β-amino-alcohol motifs (C(OH)–C–C–N with tert-alkyl or cyclic N) is 1. The van der Waals surface area contributed by atoms with Gasteiger partial charge < -0.3 is 25.4 Å². The van der Waals surface area contributed by atoms with E-state index < -0.39 is 6.10 Å².